The van der Waals surface area contributed by atoms with E-state index in [1.54, 1.807) is 36.9 Å². The summed E-state index contributed by atoms with van der Waals surface area (Å²) in [5, 5.41) is 9.83. The molecule has 2 aromatic heterocycles. The molecule has 3 aromatic rings. The van der Waals surface area contributed by atoms with Crippen LogP contribution in [-0.4, -0.2) is 57.7 Å². The average Bonchev–Trinajstić information content (AvgIpc) is 3.48. The van der Waals surface area contributed by atoms with Crippen LogP contribution >= 0.6 is 0 Å². The molecule has 1 aliphatic heterocycles. The van der Waals surface area contributed by atoms with Crippen molar-refractivity contribution in [3.63, 3.8) is 0 Å². The monoisotopic (exact) mass is 445 g/mol. The zero-order chi connectivity index (χ0) is 22.8. The Morgan fingerprint density at radius 2 is 1.97 bits per heavy atom. The van der Waals surface area contributed by atoms with Crippen LogP contribution in [0.4, 0.5) is 0 Å². The predicted octanol–water partition coefficient (Wildman–Crippen LogP) is 2.87. The zero-order valence-electron chi connectivity index (χ0n) is 18.5. The van der Waals surface area contributed by atoms with E-state index in [0.717, 1.165) is 18.4 Å². The van der Waals surface area contributed by atoms with Gasteiger partial charge < -0.3 is 15.0 Å². The Morgan fingerprint density at radius 1 is 1.15 bits per heavy atom. The lowest BCUT2D eigenvalue weighted by molar-refractivity contribution is -0.0305. The van der Waals surface area contributed by atoms with E-state index < -0.39 is 0 Å². The van der Waals surface area contributed by atoms with Crippen LogP contribution in [0.1, 0.15) is 57.7 Å². The van der Waals surface area contributed by atoms with Gasteiger partial charge in [0.25, 0.3) is 11.8 Å². The second kappa shape index (κ2) is 8.78. The first kappa shape index (κ1) is 21.3. The topological polar surface area (TPSA) is 100 Å². The lowest BCUT2D eigenvalue weighted by Crippen LogP contribution is -2.52. The van der Waals surface area contributed by atoms with Crippen molar-refractivity contribution in [2.45, 2.75) is 37.3 Å². The second-order valence-corrected chi connectivity index (χ2v) is 8.59. The molecule has 8 heteroatoms. The number of hydrogen-bond donors (Lipinski definition) is 2. The molecule has 1 saturated heterocycles. The number of carbonyl (C=O) groups excluding carboxylic acids is 2. The van der Waals surface area contributed by atoms with E-state index in [2.05, 4.69) is 32.6 Å². The third kappa shape index (κ3) is 3.70. The smallest absolute Gasteiger partial charge is 0.257 e. The van der Waals surface area contributed by atoms with Crippen molar-refractivity contribution in [1.82, 2.24) is 25.4 Å². The third-order valence-corrected chi connectivity index (χ3v) is 6.92. The second-order valence-electron chi connectivity index (χ2n) is 8.59. The van der Waals surface area contributed by atoms with Crippen LogP contribution in [0.3, 0.4) is 0 Å². The summed E-state index contributed by atoms with van der Waals surface area (Å²) in [6.07, 6.45) is 7.72. The highest BCUT2D eigenvalue weighted by Gasteiger charge is 2.54. The molecule has 8 nitrogen and oxygen atoms in total. The number of aromatic amines is 1. The van der Waals surface area contributed by atoms with E-state index in [0.29, 0.717) is 30.8 Å². The lowest BCUT2D eigenvalue weighted by atomic mass is 9.71. The van der Waals surface area contributed by atoms with E-state index in [4.69, 9.17) is 4.74 Å². The molecule has 0 unspecified atom stereocenters. The number of aromatic nitrogens is 3. The molecule has 0 radical (unpaired) electrons. The molecular formula is C25H27N5O3. The number of hydrogen-bond acceptors (Lipinski definition) is 5. The van der Waals surface area contributed by atoms with Gasteiger partial charge in [-0.2, -0.15) is 5.10 Å². The third-order valence-electron chi connectivity index (χ3n) is 6.92. The summed E-state index contributed by atoms with van der Waals surface area (Å²) in [6, 6.07) is 11.5. The molecule has 1 fully saturated rings. The number of likely N-dealkylation sites (tertiary alicyclic amines) is 1. The standard InChI is InChI=1S/C25H27N5O3/c1-2-33-22-21(29-23(31)17-6-5-11-26-14-17)19-7-3-4-8-20(19)25(22)9-12-30(13-10-25)24(32)18-15-27-28-16-18/h3-8,11,14-16,21-22H,2,9-10,12-13H2,1H3,(H,27,28)(H,29,31)/t21-,22+/m1/s1. The fourth-order valence-corrected chi connectivity index (χ4v) is 5.38. The minimum absolute atomic E-state index is 0.0146. The Labute approximate surface area is 192 Å². The summed E-state index contributed by atoms with van der Waals surface area (Å²) >= 11 is 0. The van der Waals surface area contributed by atoms with E-state index in [1.807, 2.05) is 24.0 Å². The van der Waals surface area contributed by atoms with E-state index in [9.17, 15) is 9.59 Å². The van der Waals surface area contributed by atoms with Crippen molar-refractivity contribution < 1.29 is 14.3 Å². The molecular weight excluding hydrogens is 418 g/mol. The first-order chi connectivity index (χ1) is 16.1. The summed E-state index contributed by atoms with van der Waals surface area (Å²) in [5.41, 5.74) is 3.11. The lowest BCUT2D eigenvalue weighted by Gasteiger charge is -2.44. The van der Waals surface area contributed by atoms with Gasteiger partial charge in [-0.05, 0) is 43.0 Å². The summed E-state index contributed by atoms with van der Waals surface area (Å²) in [5.74, 6) is -0.184. The van der Waals surface area contributed by atoms with Crippen LogP contribution in [0.15, 0.2) is 61.2 Å². The molecule has 1 aliphatic carbocycles. The summed E-state index contributed by atoms with van der Waals surface area (Å²) in [4.78, 5) is 31.8. The van der Waals surface area contributed by atoms with Crippen LogP contribution in [0.2, 0.25) is 0 Å². The van der Waals surface area contributed by atoms with Gasteiger partial charge in [0.1, 0.15) is 0 Å². The highest BCUT2D eigenvalue weighted by Crippen LogP contribution is 2.52. The number of piperidine rings is 1. The maximum absolute atomic E-state index is 13.0. The highest BCUT2D eigenvalue weighted by atomic mass is 16.5. The Bertz CT molecular complexity index is 1120. The van der Waals surface area contributed by atoms with Gasteiger partial charge in [0.05, 0.1) is 29.5 Å². The Balaban J connectivity index is 1.44. The zero-order valence-corrected chi connectivity index (χ0v) is 18.5. The predicted molar refractivity (Wildman–Crippen MR) is 122 cm³/mol. The Morgan fingerprint density at radius 3 is 2.67 bits per heavy atom. The number of nitrogens with zero attached hydrogens (tertiary/aromatic N) is 3. The Kier molecular flexibility index (Phi) is 5.68. The fraction of sp³-hybridized carbons (Fsp3) is 0.360. The van der Waals surface area contributed by atoms with Gasteiger partial charge in [-0.15, -0.1) is 0 Å². The van der Waals surface area contributed by atoms with Crippen molar-refractivity contribution in [1.29, 1.82) is 0 Å². The van der Waals surface area contributed by atoms with Gasteiger partial charge in [-0.3, -0.25) is 19.7 Å². The molecule has 170 valence electrons. The number of benzene rings is 1. The SMILES string of the molecule is CCO[C@H]1[C@H](NC(=O)c2cccnc2)c2ccccc2C12CCN(C(=O)c1cn[nH]c1)CC2. The molecule has 1 spiro atoms. The van der Waals surface area contributed by atoms with Crippen LogP contribution in [0.5, 0.6) is 0 Å². The number of fused-ring (bicyclic) bond motifs is 2. The maximum Gasteiger partial charge on any atom is 0.257 e. The number of nitrogens with one attached hydrogen (secondary N) is 2. The molecule has 33 heavy (non-hydrogen) atoms. The number of pyridine rings is 1. The maximum atomic E-state index is 13.0. The number of amides is 2. The summed E-state index contributed by atoms with van der Waals surface area (Å²) in [6.45, 7) is 3.75. The van der Waals surface area contributed by atoms with Gasteiger partial charge in [-0.1, -0.05) is 24.3 Å². The van der Waals surface area contributed by atoms with Gasteiger partial charge in [0, 0.05) is 43.7 Å². The quantitative estimate of drug-likeness (QED) is 0.629. The van der Waals surface area contributed by atoms with Gasteiger partial charge in [0.15, 0.2) is 0 Å². The van der Waals surface area contributed by atoms with Crippen LogP contribution in [0.25, 0.3) is 0 Å². The van der Waals surface area contributed by atoms with E-state index in [-0.39, 0.29) is 29.4 Å². The van der Waals surface area contributed by atoms with Gasteiger partial charge in [0.2, 0.25) is 0 Å². The Hall–Kier alpha value is -3.52. The minimum Gasteiger partial charge on any atom is -0.375 e. The normalized spacial score (nSPS) is 21.1. The number of ether oxygens (including phenoxy) is 1. The van der Waals surface area contributed by atoms with Crippen LogP contribution in [-0.2, 0) is 10.2 Å². The average molecular weight is 446 g/mol. The largest absolute Gasteiger partial charge is 0.375 e. The molecule has 0 saturated carbocycles. The number of rotatable bonds is 5. The summed E-state index contributed by atoms with van der Waals surface area (Å²) in [7, 11) is 0. The molecule has 3 heterocycles. The molecule has 2 atom stereocenters. The van der Waals surface area contributed by atoms with Crippen LogP contribution in [0, 0.1) is 0 Å². The van der Waals surface area contributed by atoms with Gasteiger partial charge in [-0.25, -0.2) is 0 Å². The molecule has 2 N–H and O–H groups in total. The number of H-pyrrole nitrogens is 1. The fourth-order valence-electron chi connectivity index (χ4n) is 5.38. The van der Waals surface area contributed by atoms with E-state index >= 15 is 0 Å². The molecule has 5 rings (SSSR count). The molecule has 1 aromatic carbocycles. The summed E-state index contributed by atoms with van der Waals surface area (Å²) < 4.78 is 6.35. The molecule has 2 amide bonds. The van der Waals surface area contributed by atoms with Crippen molar-refractivity contribution in [2.24, 2.45) is 0 Å². The van der Waals surface area contributed by atoms with E-state index in [1.165, 1.54) is 5.56 Å². The van der Waals surface area contributed by atoms with Crippen molar-refractivity contribution in [3.8, 4) is 0 Å². The van der Waals surface area contributed by atoms with Crippen LogP contribution < -0.4 is 5.32 Å². The highest BCUT2D eigenvalue weighted by molar-refractivity contribution is 5.94. The van der Waals surface area contributed by atoms with Gasteiger partial charge >= 0.3 is 0 Å². The van der Waals surface area contributed by atoms with Crippen molar-refractivity contribution in [3.05, 3.63) is 83.4 Å². The van der Waals surface area contributed by atoms with Crippen molar-refractivity contribution in [2.75, 3.05) is 19.7 Å². The minimum atomic E-state index is -0.273. The van der Waals surface area contributed by atoms with Crippen molar-refractivity contribution >= 4 is 11.8 Å². The first-order valence-electron chi connectivity index (χ1n) is 11.3. The molecule has 2 aliphatic rings. The first-order valence-corrected chi connectivity index (χ1v) is 11.3. The number of carbonyl (C=O) groups is 2. The molecule has 0 bridgehead atoms.